The number of halogens is 11. The van der Waals surface area contributed by atoms with Crippen LogP contribution in [-0.4, -0.2) is 23.2 Å². The van der Waals surface area contributed by atoms with Crippen molar-refractivity contribution < 1.29 is 58.1 Å². The summed E-state index contributed by atoms with van der Waals surface area (Å²) < 4.78 is 141. The van der Waals surface area contributed by atoms with Gasteiger partial charge in [0.05, 0.1) is 0 Å². The number of aliphatic hydroxyl groups is 1. The van der Waals surface area contributed by atoms with Crippen LogP contribution in [0.4, 0.5) is 48.3 Å². The molecule has 22 heavy (non-hydrogen) atoms. The van der Waals surface area contributed by atoms with Crippen LogP contribution in [-0.2, 0) is 0 Å². The van der Waals surface area contributed by atoms with Crippen molar-refractivity contribution in [2.24, 2.45) is 0 Å². The molecule has 1 aromatic rings. The summed E-state index contributed by atoms with van der Waals surface area (Å²) >= 11 is 0. The molecule has 0 heterocycles. The van der Waals surface area contributed by atoms with Crippen LogP contribution in [0.5, 0.6) is 5.75 Å². The Balaban J connectivity index is 3.58. The first-order valence-corrected chi connectivity index (χ1v) is 4.71. The van der Waals surface area contributed by atoms with Crippen LogP contribution in [0.15, 0.2) is 0 Å². The lowest BCUT2D eigenvalue weighted by Crippen LogP contribution is -2.59. The standard InChI is InChI=1S/C9HF11O2/c10-1-2(11)4(13)6(5(14)3(1)12)22-7(15,8(16,17)18)9(19,20)21/h21H. The van der Waals surface area contributed by atoms with Crippen LogP contribution in [0.3, 0.4) is 0 Å². The Hall–Kier alpha value is -1.79. The summed E-state index contributed by atoms with van der Waals surface area (Å²) in [6.07, 6.45) is -13.2. The fourth-order valence-electron chi connectivity index (χ4n) is 1.10. The Morgan fingerprint density at radius 3 is 1.23 bits per heavy atom. The number of benzene rings is 1. The van der Waals surface area contributed by atoms with Gasteiger partial charge in [0.1, 0.15) is 0 Å². The van der Waals surface area contributed by atoms with Crippen LogP contribution in [0.1, 0.15) is 0 Å². The van der Waals surface area contributed by atoms with E-state index in [1.54, 1.807) is 0 Å². The number of alkyl halides is 6. The third kappa shape index (κ3) is 2.64. The van der Waals surface area contributed by atoms with Gasteiger partial charge < -0.3 is 9.84 Å². The molecule has 0 bridgehead atoms. The van der Waals surface area contributed by atoms with Gasteiger partial charge in [-0.25, -0.2) is 13.2 Å². The van der Waals surface area contributed by atoms with Gasteiger partial charge in [0.2, 0.25) is 34.8 Å². The second-order valence-electron chi connectivity index (χ2n) is 3.64. The van der Waals surface area contributed by atoms with Crippen molar-refractivity contribution in [3.63, 3.8) is 0 Å². The molecule has 1 atom stereocenters. The molecule has 0 aliphatic rings. The van der Waals surface area contributed by atoms with E-state index in [4.69, 9.17) is 5.11 Å². The van der Waals surface area contributed by atoms with E-state index in [1.807, 2.05) is 0 Å². The van der Waals surface area contributed by atoms with Gasteiger partial charge in [-0.05, 0) is 0 Å². The molecule has 0 aliphatic carbocycles. The third-order valence-electron chi connectivity index (χ3n) is 2.16. The van der Waals surface area contributed by atoms with E-state index in [9.17, 15) is 48.3 Å². The second kappa shape index (κ2) is 5.14. The lowest BCUT2D eigenvalue weighted by atomic mass is 10.2. The Bertz CT molecular complexity index is 546. The largest absolute Gasteiger partial charge is 0.470 e. The minimum atomic E-state index is -6.80. The van der Waals surface area contributed by atoms with Gasteiger partial charge >= 0.3 is 18.1 Å². The lowest BCUT2D eigenvalue weighted by molar-refractivity contribution is -0.428. The van der Waals surface area contributed by atoms with E-state index in [0.29, 0.717) is 0 Å². The molecule has 0 spiro atoms. The van der Waals surface area contributed by atoms with Gasteiger partial charge in [-0.3, -0.25) is 0 Å². The zero-order valence-electron chi connectivity index (χ0n) is 9.51. The van der Waals surface area contributed by atoms with Crippen molar-refractivity contribution in [1.29, 1.82) is 0 Å². The van der Waals surface area contributed by atoms with Gasteiger partial charge in [-0.15, -0.1) is 0 Å². The molecule has 0 saturated carbocycles. The monoisotopic (exact) mass is 350 g/mol. The van der Waals surface area contributed by atoms with E-state index in [1.165, 1.54) is 0 Å². The Labute approximate surface area is 112 Å². The van der Waals surface area contributed by atoms with Crippen molar-refractivity contribution in [3.05, 3.63) is 29.1 Å². The third-order valence-corrected chi connectivity index (χ3v) is 2.16. The summed E-state index contributed by atoms with van der Waals surface area (Å²) in [6.45, 7) is 0. The van der Waals surface area contributed by atoms with Crippen LogP contribution in [0.25, 0.3) is 0 Å². The highest BCUT2D eigenvalue weighted by Crippen LogP contribution is 2.46. The second-order valence-corrected chi connectivity index (χ2v) is 3.64. The topological polar surface area (TPSA) is 29.5 Å². The highest BCUT2D eigenvalue weighted by atomic mass is 19.4. The minimum Gasteiger partial charge on any atom is -0.437 e. The van der Waals surface area contributed by atoms with Gasteiger partial charge in [0, 0.05) is 0 Å². The molecule has 0 radical (unpaired) electrons. The van der Waals surface area contributed by atoms with Crippen molar-refractivity contribution >= 4 is 0 Å². The summed E-state index contributed by atoms with van der Waals surface area (Å²) in [6, 6.07) is 0. The maximum atomic E-state index is 13.2. The summed E-state index contributed by atoms with van der Waals surface area (Å²) in [5, 5.41) is 7.85. The van der Waals surface area contributed by atoms with E-state index < -0.39 is 53.0 Å². The molecular formula is C9HF11O2. The first-order chi connectivity index (χ1) is 9.65. The molecule has 126 valence electrons. The predicted octanol–water partition coefficient (Wildman–Crippen LogP) is 3.57. The zero-order chi connectivity index (χ0) is 17.7. The molecular weight excluding hydrogens is 349 g/mol. The molecule has 0 saturated heterocycles. The summed E-state index contributed by atoms with van der Waals surface area (Å²) in [5.41, 5.74) is 0. The zero-order valence-corrected chi connectivity index (χ0v) is 9.51. The molecule has 1 unspecified atom stereocenters. The average Bonchev–Trinajstić information content (AvgIpc) is 2.36. The molecule has 1 aromatic carbocycles. The van der Waals surface area contributed by atoms with Gasteiger partial charge in [-0.1, -0.05) is 0 Å². The number of ether oxygens (including phenoxy) is 1. The van der Waals surface area contributed by atoms with Crippen molar-refractivity contribution in [3.8, 4) is 5.75 Å². The number of hydrogen-bond acceptors (Lipinski definition) is 2. The number of rotatable bonds is 3. The molecule has 0 aliphatic heterocycles. The first kappa shape index (κ1) is 18.3. The highest BCUT2D eigenvalue weighted by Gasteiger charge is 2.75. The first-order valence-electron chi connectivity index (χ1n) is 4.71. The smallest absolute Gasteiger partial charge is 0.437 e. The molecule has 1 rings (SSSR count). The quantitative estimate of drug-likeness (QED) is 0.513. The summed E-state index contributed by atoms with van der Waals surface area (Å²) in [4.78, 5) is 0. The predicted molar refractivity (Wildman–Crippen MR) is 43.9 cm³/mol. The lowest BCUT2D eigenvalue weighted by Gasteiger charge is -2.31. The van der Waals surface area contributed by atoms with E-state index in [-0.39, 0.29) is 0 Å². The Morgan fingerprint density at radius 2 is 0.955 bits per heavy atom. The maximum Gasteiger partial charge on any atom is 0.470 e. The Kier molecular flexibility index (Phi) is 4.26. The van der Waals surface area contributed by atoms with Crippen molar-refractivity contribution in [1.82, 2.24) is 0 Å². The van der Waals surface area contributed by atoms with Crippen molar-refractivity contribution in [2.75, 3.05) is 0 Å². The SMILES string of the molecule is OC(F)(F)C(F)(Oc1c(F)c(F)c(F)c(F)c1F)C(F)(F)F. The molecule has 0 amide bonds. The molecule has 1 N–H and O–H groups in total. The fraction of sp³-hybridized carbons (Fsp3) is 0.333. The van der Waals surface area contributed by atoms with E-state index >= 15 is 0 Å². The molecule has 0 aromatic heterocycles. The van der Waals surface area contributed by atoms with E-state index in [2.05, 4.69) is 4.74 Å². The Morgan fingerprint density at radius 1 is 0.636 bits per heavy atom. The van der Waals surface area contributed by atoms with Crippen LogP contribution in [0.2, 0.25) is 0 Å². The normalized spacial score (nSPS) is 15.6. The highest BCUT2D eigenvalue weighted by molar-refractivity contribution is 5.30. The molecule has 2 nitrogen and oxygen atoms in total. The van der Waals surface area contributed by atoms with Gasteiger partial charge in [0.25, 0.3) is 0 Å². The van der Waals surface area contributed by atoms with Gasteiger partial charge in [-0.2, -0.15) is 35.1 Å². The van der Waals surface area contributed by atoms with E-state index in [0.717, 1.165) is 0 Å². The van der Waals surface area contributed by atoms with Crippen molar-refractivity contribution in [2.45, 2.75) is 18.1 Å². The average molecular weight is 350 g/mol. The fourth-order valence-corrected chi connectivity index (χ4v) is 1.10. The summed E-state index contributed by atoms with van der Waals surface area (Å²) in [5.74, 6) is -24.4. The van der Waals surface area contributed by atoms with Crippen LogP contribution >= 0.6 is 0 Å². The molecule has 13 heteroatoms. The van der Waals surface area contributed by atoms with Crippen LogP contribution in [0, 0.1) is 29.1 Å². The maximum absolute atomic E-state index is 13.2. The number of hydrogen-bond donors (Lipinski definition) is 1. The van der Waals surface area contributed by atoms with Crippen LogP contribution < -0.4 is 4.74 Å². The summed E-state index contributed by atoms with van der Waals surface area (Å²) in [7, 11) is 0. The molecule has 0 fully saturated rings. The van der Waals surface area contributed by atoms with Gasteiger partial charge in [0.15, 0.2) is 0 Å². The minimum absolute atomic E-state index is 2.62.